The van der Waals surface area contributed by atoms with Gasteiger partial charge in [0.1, 0.15) is 29.2 Å². The van der Waals surface area contributed by atoms with Crippen LogP contribution in [0.5, 0.6) is 11.6 Å². The third-order valence-electron chi connectivity index (χ3n) is 10.9. The molecule has 5 rings (SSSR count). The number of unbranched alkanes of at least 4 members (excludes halogenated alkanes) is 2. The molecule has 3 aliphatic carbocycles. The number of halogens is 1. The van der Waals surface area contributed by atoms with Gasteiger partial charge in [-0.3, -0.25) is 19.3 Å². The Labute approximate surface area is 295 Å². The highest BCUT2D eigenvalue weighted by atomic mass is 28.4. The molecule has 1 heterocycles. The predicted molar refractivity (Wildman–Crippen MR) is 190 cm³/mol. The SMILES string of the molecule is CCCCOc1noc2c1C(=O)[C@@]1(O[Si](C)(C)C(C)(C)C)C(O)=C3C(=O)c4c(c(F)cc(/C=C/C=O)c4OCCCC)C[C@H]3C[C@H]1[C@@H]2N(C)C. The summed E-state index contributed by atoms with van der Waals surface area (Å²) in [7, 11) is 0.822. The first-order chi connectivity index (χ1) is 23.6. The molecule has 272 valence electrons. The maximum absolute atomic E-state index is 16.0. The normalized spacial score (nSPS) is 23.5. The van der Waals surface area contributed by atoms with Gasteiger partial charge >= 0.3 is 0 Å². The molecule has 50 heavy (non-hydrogen) atoms. The number of ketones is 2. The van der Waals surface area contributed by atoms with Crippen LogP contribution in [0.2, 0.25) is 18.1 Å². The largest absolute Gasteiger partial charge is 0.508 e. The molecule has 0 saturated heterocycles. The number of aromatic nitrogens is 1. The molecule has 0 bridgehead atoms. The topological polar surface area (TPSA) is 128 Å². The first kappa shape index (κ1) is 37.6. The van der Waals surface area contributed by atoms with Crippen molar-refractivity contribution in [3.63, 3.8) is 0 Å². The van der Waals surface area contributed by atoms with Crippen molar-refractivity contribution in [3.8, 4) is 11.6 Å². The Hall–Kier alpha value is -3.61. The number of ether oxygens (including phenoxy) is 2. The Kier molecular flexibility index (Phi) is 10.7. The number of allylic oxidation sites excluding steroid dienone is 2. The number of rotatable bonds is 13. The van der Waals surface area contributed by atoms with Crippen molar-refractivity contribution in [2.45, 2.75) is 103 Å². The van der Waals surface area contributed by atoms with E-state index in [0.29, 0.717) is 25.1 Å². The minimum absolute atomic E-state index is 0.00736. The molecule has 0 unspecified atom stereocenters. The van der Waals surface area contributed by atoms with Crippen LogP contribution in [0.1, 0.15) is 110 Å². The molecule has 1 aromatic carbocycles. The smallest absolute Gasteiger partial charge is 0.265 e. The van der Waals surface area contributed by atoms with E-state index in [1.54, 1.807) is 0 Å². The minimum Gasteiger partial charge on any atom is -0.508 e. The van der Waals surface area contributed by atoms with E-state index in [0.717, 1.165) is 19.3 Å². The fraction of sp³-hybridized carbons (Fsp3) is 0.579. The highest BCUT2D eigenvalue weighted by Crippen LogP contribution is 2.60. The zero-order valence-electron chi connectivity index (χ0n) is 30.8. The molecule has 1 N–H and O–H groups in total. The van der Waals surface area contributed by atoms with Crippen LogP contribution >= 0.6 is 0 Å². The fourth-order valence-electron chi connectivity index (χ4n) is 7.32. The average Bonchev–Trinajstić information content (AvgIpc) is 3.45. The van der Waals surface area contributed by atoms with E-state index >= 15 is 9.18 Å². The molecule has 2 aromatic rings. The molecule has 0 amide bonds. The quantitative estimate of drug-likeness (QED) is 0.0951. The van der Waals surface area contributed by atoms with Crippen molar-refractivity contribution in [3.05, 3.63) is 57.3 Å². The number of aliphatic hydroxyl groups is 1. The van der Waals surface area contributed by atoms with Gasteiger partial charge in [0.15, 0.2) is 25.5 Å². The number of fused-ring (bicyclic) bond motifs is 4. The molecular formula is C38H51FN2O8Si. The lowest BCUT2D eigenvalue weighted by molar-refractivity contribution is -0.104. The molecule has 4 atom stereocenters. The van der Waals surface area contributed by atoms with E-state index in [1.807, 2.05) is 66.7 Å². The zero-order valence-corrected chi connectivity index (χ0v) is 31.8. The highest BCUT2D eigenvalue weighted by Gasteiger charge is 2.67. The van der Waals surface area contributed by atoms with Crippen molar-refractivity contribution in [2.24, 2.45) is 11.8 Å². The van der Waals surface area contributed by atoms with Gasteiger partial charge in [-0.1, -0.05) is 47.5 Å². The summed E-state index contributed by atoms with van der Waals surface area (Å²) in [5.74, 6) is -3.12. The summed E-state index contributed by atoms with van der Waals surface area (Å²) in [5.41, 5.74) is -1.45. The third kappa shape index (κ3) is 6.17. The monoisotopic (exact) mass is 710 g/mol. The van der Waals surface area contributed by atoms with Gasteiger partial charge < -0.3 is 23.5 Å². The lowest BCUT2D eigenvalue weighted by Gasteiger charge is -2.55. The summed E-state index contributed by atoms with van der Waals surface area (Å²) < 4.78 is 41.2. The number of nitrogens with zero attached hydrogens (tertiary/aromatic N) is 2. The first-order valence-corrected chi connectivity index (χ1v) is 20.6. The molecule has 0 aliphatic heterocycles. The standard InChI is InChI=1S/C38H51FN2O8Si/c1-10-12-17-46-32-22(15-14-16-42)21-26(39)24-19-23-20-25-30(41(6)7)33-29(36(40-48-33)47-18-13-11-2)35(45)38(25,49-50(8,9)37(3,4)5)34(44)27(23)31(43)28(24)32/h14-16,21,23,25,30,44H,10-13,17-20H2,1-9H3/b15-14+/t23-,25-,30-,38-/m0/s1. The molecule has 10 nitrogen and oxygen atoms in total. The fourth-order valence-corrected chi connectivity index (χ4v) is 8.77. The number of Topliss-reactive ketones (excluding diaryl/α,β-unsaturated/α-hetero) is 2. The molecule has 3 aliphatic rings. The van der Waals surface area contributed by atoms with Crippen LogP contribution in [-0.2, 0) is 15.6 Å². The first-order valence-electron chi connectivity index (χ1n) is 17.7. The zero-order chi connectivity index (χ0) is 36.8. The number of carbonyl (C=O) groups excluding carboxylic acids is 3. The van der Waals surface area contributed by atoms with Crippen LogP contribution in [0.4, 0.5) is 4.39 Å². The van der Waals surface area contributed by atoms with Crippen LogP contribution in [0.3, 0.4) is 0 Å². The van der Waals surface area contributed by atoms with E-state index < -0.39 is 54.9 Å². The van der Waals surface area contributed by atoms with Crippen LogP contribution in [0.25, 0.3) is 6.08 Å². The summed E-state index contributed by atoms with van der Waals surface area (Å²) in [5, 5.41) is 16.5. The summed E-state index contributed by atoms with van der Waals surface area (Å²) >= 11 is 0. The molecule has 12 heteroatoms. The van der Waals surface area contributed by atoms with E-state index in [-0.39, 0.29) is 63.9 Å². The Bertz CT molecular complexity index is 1720. The minimum atomic E-state index is -2.89. The second-order valence-electron chi connectivity index (χ2n) is 15.4. The van der Waals surface area contributed by atoms with Gasteiger partial charge in [0.05, 0.1) is 24.8 Å². The Morgan fingerprint density at radius 2 is 1.78 bits per heavy atom. The number of aldehydes is 1. The lowest BCUT2D eigenvalue weighted by atomic mass is 9.58. The second kappa shape index (κ2) is 14.2. The Morgan fingerprint density at radius 3 is 2.38 bits per heavy atom. The van der Waals surface area contributed by atoms with Gasteiger partial charge in [0.25, 0.3) is 5.88 Å². The van der Waals surface area contributed by atoms with Gasteiger partial charge in [-0.05, 0) is 87.2 Å². The van der Waals surface area contributed by atoms with E-state index in [9.17, 15) is 14.7 Å². The maximum atomic E-state index is 16.0. The molecular weight excluding hydrogens is 660 g/mol. The molecule has 1 aromatic heterocycles. The Balaban J connectivity index is 1.80. The van der Waals surface area contributed by atoms with Gasteiger partial charge in [-0.25, -0.2) is 4.39 Å². The van der Waals surface area contributed by atoms with Crippen molar-refractivity contribution in [1.29, 1.82) is 0 Å². The van der Waals surface area contributed by atoms with Crippen molar-refractivity contribution in [2.75, 3.05) is 27.3 Å². The lowest BCUT2D eigenvalue weighted by Crippen LogP contribution is -2.65. The number of carbonyl (C=O) groups is 3. The molecule has 0 fully saturated rings. The van der Waals surface area contributed by atoms with Crippen molar-refractivity contribution in [1.82, 2.24) is 10.1 Å². The summed E-state index contributed by atoms with van der Waals surface area (Å²) in [6, 6.07) is 0.681. The van der Waals surface area contributed by atoms with Gasteiger partial charge in [0.2, 0.25) is 5.78 Å². The van der Waals surface area contributed by atoms with Crippen LogP contribution < -0.4 is 9.47 Å². The highest BCUT2D eigenvalue weighted by molar-refractivity contribution is 6.74. The second-order valence-corrected chi connectivity index (χ2v) is 20.2. The van der Waals surface area contributed by atoms with E-state index in [4.69, 9.17) is 18.4 Å². The molecule has 0 radical (unpaired) electrons. The van der Waals surface area contributed by atoms with Gasteiger partial charge in [-0.15, -0.1) is 0 Å². The Morgan fingerprint density at radius 1 is 1.12 bits per heavy atom. The average molecular weight is 711 g/mol. The van der Waals surface area contributed by atoms with E-state index in [2.05, 4.69) is 5.16 Å². The van der Waals surface area contributed by atoms with E-state index in [1.165, 1.54) is 18.2 Å². The van der Waals surface area contributed by atoms with Crippen LogP contribution in [0.15, 0.2) is 28.0 Å². The van der Waals surface area contributed by atoms with Gasteiger partial charge in [0, 0.05) is 22.6 Å². The van der Waals surface area contributed by atoms with Gasteiger partial charge in [-0.2, -0.15) is 0 Å². The number of aliphatic hydroxyl groups excluding tert-OH is 1. The third-order valence-corrected chi connectivity index (χ3v) is 15.3. The number of hydrogen-bond donors (Lipinski definition) is 1. The summed E-state index contributed by atoms with van der Waals surface area (Å²) in [6.45, 7) is 14.7. The number of benzene rings is 1. The van der Waals surface area contributed by atoms with Crippen LogP contribution in [-0.4, -0.2) is 74.2 Å². The number of hydrogen-bond acceptors (Lipinski definition) is 10. The van der Waals surface area contributed by atoms with Crippen LogP contribution in [0, 0.1) is 17.7 Å². The summed E-state index contributed by atoms with van der Waals surface area (Å²) in [6.07, 6.45) is 6.60. The summed E-state index contributed by atoms with van der Waals surface area (Å²) in [4.78, 5) is 43.2. The molecule has 0 saturated carbocycles. The molecule has 0 spiro atoms. The maximum Gasteiger partial charge on any atom is 0.265 e. The predicted octanol–water partition coefficient (Wildman–Crippen LogP) is 7.83. The van der Waals surface area contributed by atoms with Crippen molar-refractivity contribution >= 4 is 32.2 Å². The van der Waals surface area contributed by atoms with Crippen molar-refractivity contribution < 1.29 is 42.3 Å².